The zero-order valence-corrected chi connectivity index (χ0v) is 9.83. The Bertz CT molecular complexity index is 503. The van der Waals surface area contributed by atoms with Crippen molar-refractivity contribution < 1.29 is 22.3 Å². The summed E-state index contributed by atoms with van der Waals surface area (Å²) in [6.45, 7) is 1.65. The van der Waals surface area contributed by atoms with Gasteiger partial charge in [0.05, 0.1) is 6.61 Å². The minimum absolute atomic E-state index is 0.0898. The minimum atomic E-state index is -3.93. The van der Waals surface area contributed by atoms with Crippen LogP contribution in [-0.2, 0) is 19.6 Å². The number of nitrogens with one attached hydrogen (secondary N) is 1. The number of esters is 1. The van der Waals surface area contributed by atoms with Crippen LogP contribution >= 0.6 is 0 Å². The molecule has 1 N–H and O–H groups in total. The predicted octanol–water partition coefficient (Wildman–Crippen LogP) is 0.525. The van der Waals surface area contributed by atoms with Crippen LogP contribution in [0.5, 0.6) is 0 Å². The van der Waals surface area contributed by atoms with E-state index in [4.69, 9.17) is 0 Å². The number of sulfonamides is 1. The van der Waals surface area contributed by atoms with Crippen molar-refractivity contribution in [1.29, 1.82) is 0 Å². The first kappa shape index (κ1) is 13.4. The summed E-state index contributed by atoms with van der Waals surface area (Å²) in [6, 6.07) is 3.64. The van der Waals surface area contributed by atoms with E-state index in [2.05, 4.69) is 9.72 Å². The largest absolute Gasteiger partial charge is 0.465 e. The topological polar surface area (TPSA) is 85.4 Å². The van der Waals surface area contributed by atoms with Gasteiger partial charge in [-0.1, -0.05) is 6.07 Å². The fourth-order valence-corrected chi connectivity index (χ4v) is 1.92. The number of aromatic nitrogens is 1. The first-order valence-corrected chi connectivity index (χ1v) is 6.37. The lowest BCUT2D eigenvalue weighted by Crippen LogP contribution is -2.24. The van der Waals surface area contributed by atoms with Gasteiger partial charge in [0.15, 0.2) is 5.75 Å². The Kier molecular flexibility index (Phi) is 4.38. The average molecular weight is 262 g/mol. The summed E-state index contributed by atoms with van der Waals surface area (Å²) in [5.74, 6) is -2.72. The number of hydrogen-bond acceptors (Lipinski definition) is 5. The lowest BCUT2D eigenvalue weighted by molar-refractivity contribution is -0.139. The molecule has 94 valence electrons. The van der Waals surface area contributed by atoms with E-state index >= 15 is 0 Å². The van der Waals surface area contributed by atoms with Crippen LogP contribution in [0.15, 0.2) is 18.2 Å². The van der Waals surface area contributed by atoms with Crippen LogP contribution in [0.25, 0.3) is 0 Å². The molecule has 0 aliphatic heterocycles. The molecular formula is C9H11FN2O4S. The molecule has 1 rings (SSSR count). The molecule has 0 aromatic carbocycles. The summed E-state index contributed by atoms with van der Waals surface area (Å²) in [5.41, 5.74) is 0. The van der Waals surface area contributed by atoms with Gasteiger partial charge in [-0.15, -0.1) is 0 Å². The summed E-state index contributed by atoms with van der Waals surface area (Å²) in [7, 11) is -3.93. The number of carbonyl (C=O) groups excluding carboxylic acids is 1. The molecule has 6 nitrogen and oxygen atoms in total. The third-order valence-electron chi connectivity index (χ3n) is 1.59. The van der Waals surface area contributed by atoms with E-state index in [-0.39, 0.29) is 12.4 Å². The molecular weight excluding hydrogens is 251 g/mol. The number of carbonyl (C=O) groups is 1. The summed E-state index contributed by atoms with van der Waals surface area (Å²) in [6.07, 6.45) is 0. The zero-order valence-electron chi connectivity index (χ0n) is 9.01. The Morgan fingerprint density at radius 2 is 2.24 bits per heavy atom. The molecule has 0 aliphatic carbocycles. The maximum absolute atomic E-state index is 12.7. The molecule has 0 aliphatic rings. The van der Waals surface area contributed by atoms with Gasteiger partial charge in [0, 0.05) is 0 Å². The summed E-state index contributed by atoms with van der Waals surface area (Å²) in [4.78, 5) is 14.3. The molecule has 0 amide bonds. The van der Waals surface area contributed by atoms with E-state index < -0.39 is 27.7 Å². The second kappa shape index (κ2) is 5.58. The van der Waals surface area contributed by atoms with Crippen molar-refractivity contribution in [2.24, 2.45) is 0 Å². The Labute approximate surface area is 97.9 Å². The fraction of sp³-hybridized carbons (Fsp3) is 0.333. The smallest absolute Gasteiger partial charge is 0.323 e. The zero-order chi connectivity index (χ0) is 12.9. The fourth-order valence-electron chi connectivity index (χ4n) is 1.02. The van der Waals surface area contributed by atoms with Crippen molar-refractivity contribution in [3.8, 4) is 0 Å². The Morgan fingerprint density at radius 3 is 2.82 bits per heavy atom. The third kappa shape index (κ3) is 4.77. The first-order chi connectivity index (χ1) is 7.93. The van der Waals surface area contributed by atoms with E-state index in [0.29, 0.717) is 0 Å². The second-order valence-corrected chi connectivity index (χ2v) is 4.73. The highest BCUT2D eigenvalue weighted by Gasteiger charge is 2.17. The van der Waals surface area contributed by atoms with E-state index in [1.54, 1.807) is 6.92 Å². The monoisotopic (exact) mass is 262 g/mol. The van der Waals surface area contributed by atoms with Gasteiger partial charge in [0.2, 0.25) is 16.0 Å². The predicted molar refractivity (Wildman–Crippen MR) is 58.2 cm³/mol. The van der Waals surface area contributed by atoms with Crippen molar-refractivity contribution >= 4 is 21.8 Å². The number of hydrogen-bond donors (Lipinski definition) is 1. The first-order valence-electron chi connectivity index (χ1n) is 4.71. The van der Waals surface area contributed by atoms with Crippen LogP contribution in [-0.4, -0.2) is 31.7 Å². The maximum Gasteiger partial charge on any atom is 0.323 e. The number of anilines is 1. The lowest BCUT2D eigenvalue weighted by atomic mass is 10.5. The van der Waals surface area contributed by atoms with Crippen molar-refractivity contribution in [1.82, 2.24) is 4.98 Å². The summed E-state index contributed by atoms with van der Waals surface area (Å²) < 4.78 is 42.0. The molecule has 1 aromatic rings. The second-order valence-electron chi connectivity index (χ2n) is 3.01. The Balaban J connectivity index is 2.70. The van der Waals surface area contributed by atoms with Crippen molar-refractivity contribution in [2.75, 3.05) is 17.1 Å². The normalized spacial score (nSPS) is 10.9. The van der Waals surface area contributed by atoms with Gasteiger partial charge in [-0.05, 0) is 19.1 Å². The van der Waals surface area contributed by atoms with E-state index in [1.807, 2.05) is 4.72 Å². The summed E-state index contributed by atoms with van der Waals surface area (Å²) in [5, 5.41) is 0. The molecule has 0 bridgehead atoms. The number of nitrogens with zero attached hydrogens (tertiary/aromatic N) is 1. The molecule has 8 heteroatoms. The molecule has 0 spiro atoms. The van der Waals surface area contributed by atoms with Gasteiger partial charge in [-0.25, -0.2) is 13.4 Å². The standard InChI is InChI=1S/C9H11FN2O4S/c1-2-16-9(13)6-17(14,15)12-8-5-3-4-7(10)11-8/h3-5H,2,6H2,1H3,(H,11,12). The van der Waals surface area contributed by atoms with Gasteiger partial charge in [0.25, 0.3) is 0 Å². The Morgan fingerprint density at radius 1 is 1.53 bits per heavy atom. The van der Waals surface area contributed by atoms with E-state index in [9.17, 15) is 17.6 Å². The molecule has 0 unspecified atom stereocenters. The molecule has 0 atom stereocenters. The van der Waals surface area contributed by atoms with Crippen LogP contribution in [0.1, 0.15) is 6.92 Å². The van der Waals surface area contributed by atoms with Gasteiger partial charge >= 0.3 is 5.97 Å². The molecule has 1 heterocycles. The third-order valence-corrected chi connectivity index (χ3v) is 2.72. The molecule has 0 saturated carbocycles. The highest BCUT2D eigenvalue weighted by molar-refractivity contribution is 7.93. The molecule has 17 heavy (non-hydrogen) atoms. The average Bonchev–Trinajstić information content (AvgIpc) is 2.15. The number of ether oxygens (including phenoxy) is 1. The highest BCUT2D eigenvalue weighted by Crippen LogP contribution is 2.06. The van der Waals surface area contributed by atoms with Gasteiger partial charge < -0.3 is 4.74 Å². The quantitative estimate of drug-likeness (QED) is 0.618. The highest BCUT2D eigenvalue weighted by atomic mass is 32.2. The lowest BCUT2D eigenvalue weighted by Gasteiger charge is -2.06. The molecule has 0 fully saturated rings. The van der Waals surface area contributed by atoms with Crippen LogP contribution < -0.4 is 4.72 Å². The van der Waals surface area contributed by atoms with E-state index in [1.165, 1.54) is 12.1 Å². The number of pyridine rings is 1. The van der Waals surface area contributed by atoms with Gasteiger partial charge in [-0.2, -0.15) is 4.39 Å². The maximum atomic E-state index is 12.7. The molecule has 1 aromatic heterocycles. The minimum Gasteiger partial charge on any atom is -0.465 e. The van der Waals surface area contributed by atoms with Crippen molar-refractivity contribution in [2.45, 2.75) is 6.92 Å². The summed E-state index contributed by atoms with van der Waals surface area (Å²) >= 11 is 0. The molecule has 0 radical (unpaired) electrons. The molecule has 0 saturated heterocycles. The van der Waals surface area contributed by atoms with Crippen LogP contribution in [0.4, 0.5) is 10.2 Å². The van der Waals surface area contributed by atoms with Crippen molar-refractivity contribution in [3.05, 3.63) is 24.1 Å². The van der Waals surface area contributed by atoms with Gasteiger partial charge in [0.1, 0.15) is 5.82 Å². The van der Waals surface area contributed by atoms with Crippen LogP contribution in [0, 0.1) is 5.95 Å². The van der Waals surface area contributed by atoms with Crippen molar-refractivity contribution in [3.63, 3.8) is 0 Å². The number of rotatable bonds is 5. The van der Waals surface area contributed by atoms with Gasteiger partial charge in [-0.3, -0.25) is 9.52 Å². The SMILES string of the molecule is CCOC(=O)CS(=O)(=O)Nc1cccc(F)n1. The van der Waals surface area contributed by atoms with Crippen LogP contribution in [0.3, 0.4) is 0 Å². The van der Waals surface area contributed by atoms with Crippen LogP contribution in [0.2, 0.25) is 0 Å². The Hall–Kier alpha value is -1.70. The number of halogens is 1. The van der Waals surface area contributed by atoms with E-state index in [0.717, 1.165) is 6.07 Å².